The van der Waals surface area contributed by atoms with E-state index in [1.807, 2.05) is 0 Å². The molecular weight excluding hydrogens is 244 g/mol. The van der Waals surface area contributed by atoms with Crippen LogP contribution in [0.15, 0.2) is 24.3 Å². The van der Waals surface area contributed by atoms with Crippen LogP contribution in [0.4, 0.5) is 0 Å². The fourth-order valence-electron chi connectivity index (χ4n) is 2.77. The second-order valence-electron chi connectivity index (χ2n) is 5.28. The van der Waals surface area contributed by atoms with Gasteiger partial charge < -0.3 is 9.47 Å². The molecule has 0 saturated carbocycles. The summed E-state index contributed by atoms with van der Waals surface area (Å²) in [4.78, 5) is 22.8. The zero-order valence-corrected chi connectivity index (χ0v) is 10.8. The number of hydrogen-bond donors (Lipinski definition) is 0. The molecule has 0 aromatic heterocycles. The number of esters is 2. The van der Waals surface area contributed by atoms with Crippen molar-refractivity contribution in [3.63, 3.8) is 0 Å². The lowest BCUT2D eigenvalue weighted by Gasteiger charge is -2.13. The predicted molar refractivity (Wildman–Crippen MR) is 67.4 cm³/mol. The molecule has 0 spiro atoms. The topological polar surface area (TPSA) is 52.6 Å². The van der Waals surface area contributed by atoms with Crippen LogP contribution in [0.3, 0.4) is 0 Å². The van der Waals surface area contributed by atoms with E-state index in [0.717, 1.165) is 12.8 Å². The lowest BCUT2D eigenvalue weighted by molar-refractivity contribution is -0.158. The minimum atomic E-state index is -0.657. The van der Waals surface area contributed by atoms with Crippen molar-refractivity contribution in [2.24, 2.45) is 5.92 Å². The highest BCUT2D eigenvalue weighted by atomic mass is 16.6. The Balaban J connectivity index is 1.63. The number of fused-ring (bicyclic) bond motifs is 1. The molecule has 0 aliphatic carbocycles. The molecule has 1 aromatic rings. The Hall–Kier alpha value is -1.84. The van der Waals surface area contributed by atoms with Crippen LogP contribution in [0.25, 0.3) is 0 Å². The third-order valence-electron chi connectivity index (χ3n) is 3.87. The first-order chi connectivity index (χ1) is 9.13. The highest BCUT2D eigenvalue weighted by Gasteiger charge is 2.52. The summed E-state index contributed by atoms with van der Waals surface area (Å²) in [5.74, 6) is -0.762. The minimum Gasteiger partial charge on any atom is -0.459 e. The molecule has 4 nitrogen and oxygen atoms in total. The first-order valence-electron chi connectivity index (χ1n) is 6.59. The van der Waals surface area contributed by atoms with Gasteiger partial charge in [-0.2, -0.15) is 0 Å². The zero-order chi connectivity index (χ0) is 13.4. The summed E-state index contributed by atoms with van der Waals surface area (Å²) in [6.07, 6.45) is 1.04. The SMILES string of the molecule is Cc1ccc(CC[C@@H]2OC(=O)[C@H]3OC(=O)C[C@@H]23)cc1. The summed E-state index contributed by atoms with van der Waals surface area (Å²) in [5.41, 5.74) is 2.45. The Morgan fingerprint density at radius 2 is 1.89 bits per heavy atom. The number of cyclic esters (lactones) is 1. The first kappa shape index (κ1) is 12.2. The van der Waals surface area contributed by atoms with Crippen molar-refractivity contribution in [1.82, 2.24) is 0 Å². The van der Waals surface area contributed by atoms with E-state index in [1.54, 1.807) is 0 Å². The number of carbonyl (C=O) groups is 2. The molecule has 4 heteroatoms. The van der Waals surface area contributed by atoms with E-state index in [-0.39, 0.29) is 24.0 Å². The smallest absolute Gasteiger partial charge is 0.348 e. The van der Waals surface area contributed by atoms with Crippen molar-refractivity contribution in [2.75, 3.05) is 0 Å². The van der Waals surface area contributed by atoms with Crippen LogP contribution in [-0.4, -0.2) is 24.1 Å². The molecule has 3 atom stereocenters. The van der Waals surface area contributed by atoms with Gasteiger partial charge in [-0.1, -0.05) is 29.8 Å². The van der Waals surface area contributed by atoms with Crippen molar-refractivity contribution in [2.45, 2.75) is 38.4 Å². The molecular formula is C15H16O4. The Labute approximate surface area is 111 Å². The van der Waals surface area contributed by atoms with E-state index in [1.165, 1.54) is 11.1 Å². The molecule has 0 amide bonds. The van der Waals surface area contributed by atoms with Gasteiger partial charge in [-0.15, -0.1) is 0 Å². The lowest BCUT2D eigenvalue weighted by atomic mass is 9.93. The summed E-state index contributed by atoms with van der Waals surface area (Å²) >= 11 is 0. The Morgan fingerprint density at radius 1 is 1.16 bits per heavy atom. The van der Waals surface area contributed by atoms with Crippen LogP contribution < -0.4 is 0 Å². The van der Waals surface area contributed by atoms with Gasteiger partial charge in [-0.25, -0.2) is 4.79 Å². The van der Waals surface area contributed by atoms with Crippen LogP contribution in [0, 0.1) is 12.8 Å². The van der Waals surface area contributed by atoms with Gasteiger partial charge in [-0.3, -0.25) is 4.79 Å². The standard InChI is InChI=1S/C15H16O4/c1-9-2-4-10(5-3-9)6-7-12-11-8-13(16)19-14(11)15(17)18-12/h2-5,11-12,14H,6-8H2,1H3/t11-,12-,14-/m0/s1. The maximum atomic E-state index is 11.6. The third-order valence-corrected chi connectivity index (χ3v) is 3.87. The molecule has 2 saturated heterocycles. The molecule has 100 valence electrons. The van der Waals surface area contributed by atoms with Crippen LogP contribution >= 0.6 is 0 Å². The summed E-state index contributed by atoms with van der Waals surface area (Å²) in [6.45, 7) is 2.05. The van der Waals surface area contributed by atoms with Crippen molar-refractivity contribution in [3.8, 4) is 0 Å². The van der Waals surface area contributed by atoms with Crippen molar-refractivity contribution < 1.29 is 19.1 Å². The van der Waals surface area contributed by atoms with Gasteiger partial charge >= 0.3 is 11.9 Å². The Kier molecular flexibility index (Phi) is 3.01. The monoisotopic (exact) mass is 260 g/mol. The number of carbonyl (C=O) groups excluding carboxylic acids is 2. The summed E-state index contributed by atoms with van der Waals surface area (Å²) in [6, 6.07) is 8.31. The van der Waals surface area contributed by atoms with Gasteiger partial charge in [-0.05, 0) is 25.3 Å². The van der Waals surface area contributed by atoms with Crippen molar-refractivity contribution >= 4 is 11.9 Å². The van der Waals surface area contributed by atoms with Gasteiger partial charge in [0.05, 0.1) is 12.3 Å². The van der Waals surface area contributed by atoms with Gasteiger partial charge in [0.2, 0.25) is 6.10 Å². The Morgan fingerprint density at radius 3 is 2.63 bits per heavy atom. The first-order valence-corrected chi connectivity index (χ1v) is 6.59. The average molecular weight is 260 g/mol. The number of ether oxygens (including phenoxy) is 2. The molecule has 3 rings (SSSR count). The highest BCUT2D eigenvalue weighted by Crippen LogP contribution is 2.36. The van der Waals surface area contributed by atoms with E-state index in [0.29, 0.717) is 6.42 Å². The maximum Gasteiger partial charge on any atom is 0.348 e. The molecule has 2 fully saturated rings. The summed E-state index contributed by atoms with van der Waals surface area (Å²) < 4.78 is 10.3. The molecule has 0 unspecified atom stereocenters. The fraction of sp³-hybridized carbons (Fsp3) is 0.467. The van der Waals surface area contributed by atoms with Crippen LogP contribution in [0.1, 0.15) is 24.0 Å². The molecule has 2 aliphatic rings. The van der Waals surface area contributed by atoms with E-state index in [2.05, 4.69) is 31.2 Å². The van der Waals surface area contributed by atoms with Gasteiger partial charge in [0.25, 0.3) is 0 Å². The van der Waals surface area contributed by atoms with E-state index in [4.69, 9.17) is 9.47 Å². The largest absolute Gasteiger partial charge is 0.459 e. The number of hydrogen-bond acceptors (Lipinski definition) is 4. The zero-order valence-electron chi connectivity index (χ0n) is 10.8. The molecule has 2 heterocycles. The second kappa shape index (κ2) is 4.68. The van der Waals surface area contributed by atoms with Crippen molar-refractivity contribution in [3.05, 3.63) is 35.4 Å². The summed E-state index contributed by atoms with van der Waals surface area (Å²) in [5, 5.41) is 0. The third kappa shape index (κ3) is 2.35. The van der Waals surface area contributed by atoms with Crippen molar-refractivity contribution in [1.29, 1.82) is 0 Å². The quantitative estimate of drug-likeness (QED) is 0.777. The van der Waals surface area contributed by atoms with Crippen LogP contribution in [0.5, 0.6) is 0 Å². The van der Waals surface area contributed by atoms with E-state index >= 15 is 0 Å². The number of aryl methyl sites for hydroxylation is 2. The molecule has 0 radical (unpaired) electrons. The maximum absolute atomic E-state index is 11.6. The fourth-order valence-corrected chi connectivity index (χ4v) is 2.77. The van der Waals surface area contributed by atoms with Gasteiger partial charge in [0.15, 0.2) is 0 Å². The normalized spacial score (nSPS) is 29.0. The van der Waals surface area contributed by atoms with Crippen LogP contribution in [-0.2, 0) is 25.5 Å². The number of rotatable bonds is 3. The molecule has 2 aliphatic heterocycles. The van der Waals surface area contributed by atoms with Gasteiger partial charge in [0.1, 0.15) is 6.10 Å². The van der Waals surface area contributed by atoms with Crippen LogP contribution in [0.2, 0.25) is 0 Å². The van der Waals surface area contributed by atoms with Gasteiger partial charge in [0, 0.05) is 0 Å². The highest BCUT2D eigenvalue weighted by molar-refractivity contribution is 5.85. The molecule has 0 N–H and O–H groups in total. The number of benzene rings is 1. The Bertz CT molecular complexity index is 505. The summed E-state index contributed by atoms with van der Waals surface area (Å²) in [7, 11) is 0. The molecule has 0 bridgehead atoms. The second-order valence-corrected chi connectivity index (χ2v) is 5.28. The minimum absolute atomic E-state index is 0.0922. The van der Waals surface area contributed by atoms with E-state index < -0.39 is 6.10 Å². The molecule has 1 aromatic carbocycles. The average Bonchev–Trinajstić information content (AvgIpc) is 2.89. The lowest BCUT2D eigenvalue weighted by Crippen LogP contribution is -2.21. The molecule has 19 heavy (non-hydrogen) atoms. The van der Waals surface area contributed by atoms with E-state index in [9.17, 15) is 9.59 Å². The predicted octanol–water partition coefficient (Wildman–Crippen LogP) is 1.78.